The maximum Gasteiger partial charge on any atom is 0.303 e. The molecule has 0 saturated heterocycles. The number of aliphatic carboxylic acids is 1. The van der Waals surface area contributed by atoms with Gasteiger partial charge >= 0.3 is 5.97 Å². The highest BCUT2D eigenvalue weighted by molar-refractivity contribution is 7.90. The van der Waals surface area contributed by atoms with Crippen LogP contribution in [0.1, 0.15) is 42.0 Å². The highest BCUT2D eigenvalue weighted by Crippen LogP contribution is 2.17. The first-order valence-electron chi connectivity index (χ1n) is 10.4. The summed E-state index contributed by atoms with van der Waals surface area (Å²) in [6.45, 7) is 2.79. The van der Waals surface area contributed by atoms with Crippen molar-refractivity contribution in [3.63, 3.8) is 0 Å². The van der Waals surface area contributed by atoms with Gasteiger partial charge in [0.15, 0.2) is 0 Å². The maximum absolute atomic E-state index is 12.6. The quantitative estimate of drug-likeness (QED) is 0.487. The lowest BCUT2D eigenvalue weighted by Crippen LogP contribution is -2.46. The largest absolute Gasteiger partial charge is 0.481 e. The number of nitrogens with zero attached hydrogens (tertiary/aromatic N) is 1. The molecule has 166 valence electrons. The van der Waals surface area contributed by atoms with E-state index in [9.17, 15) is 13.2 Å². The van der Waals surface area contributed by atoms with Crippen LogP contribution in [0.15, 0.2) is 54.4 Å². The highest BCUT2D eigenvalue weighted by Gasteiger charge is 2.26. The summed E-state index contributed by atoms with van der Waals surface area (Å²) < 4.78 is 27.9. The van der Waals surface area contributed by atoms with Crippen molar-refractivity contribution in [3.8, 4) is 0 Å². The molecule has 31 heavy (non-hydrogen) atoms. The molecule has 1 aromatic heterocycles. The predicted molar refractivity (Wildman–Crippen MR) is 120 cm³/mol. The third kappa shape index (κ3) is 7.27. The van der Waals surface area contributed by atoms with E-state index in [0.29, 0.717) is 32.2 Å². The van der Waals surface area contributed by atoms with E-state index in [1.54, 1.807) is 6.20 Å². The lowest BCUT2D eigenvalue weighted by molar-refractivity contribution is -0.136. The maximum atomic E-state index is 12.6. The van der Waals surface area contributed by atoms with Gasteiger partial charge in [-0.05, 0) is 60.9 Å². The summed E-state index contributed by atoms with van der Waals surface area (Å²) in [5, 5.41) is 11.4. The SMILES string of the molecule is CC1=CCNC(S(=O)(=O)NCCc2cc(CCC(=O)O)cc(Cc3cccnc3)c2)C1. The fraction of sp³-hybridized carbons (Fsp3) is 0.391. The minimum absolute atomic E-state index is 0.0582. The third-order valence-corrected chi connectivity index (χ3v) is 6.95. The van der Waals surface area contributed by atoms with E-state index in [-0.39, 0.29) is 13.0 Å². The molecule has 2 heterocycles. The Bertz CT molecular complexity index is 1040. The molecular weight excluding hydrogens is 414 g/mol. The Labute approximate surface area is 183 Å². The van der Waals surface area contributed by atoms with Crippen LogP contribution in [-0.2, 0) is 34.1 Å². The number of hydrogen-bond donors (Lipinski definition) is 3. The number of sulfonamides is 1. The Morgan fingerprint density at radius 3 is 2.61 bits per heavy atom. The fourth-order valence-electron chi connectivity index (χ4n) is 3.69. The Balaban J connectivity index is 1.68. The molecule has 0 radical (unpaired) electrons. The molecular formula is C23H29N3O4S. The van der Waals surface area contributed by atoms with Crippen molar-refractivity contribution < 1.29 is 18.3 Å². The lowest BCUT2D eigenvalue weighted by Gasteiger charge is -2.23. The normalized spacial score (nSPS) is 16.7. The molecule has 8 heteroatoms. The van der Waals surface area contributed by atoms with Gasteiger partial charge < -0.3 is 5.11 Å². The van der Waals surface area contributed by atoms with Gasteiger partial charge in [0.2, 0.25) is 10.0 Å². The average Bonchev–Trinajstić information content (AvgIpc) is 2.73. The molecule has 0 amide bonds. The van der Waals surface area contributed by atoms with E-state index in [0.717, 1.165) is 27.8 Å². The Morgan fingerprint density at radius 1 is 1.19 bits per heavy atom. The van der Waals surface area contributed by atoms with E-state index in [1.165, 1.54) is 0 Å². The highest BCUT2D eigenvalue weighted by atomic mass is 32.2. The monoisotopic (exact) mass is 443 g/mol. The molecule has 3 rings (SSSR count). The first-order valence-corrected chi connectivity index (χ1v) is 12.0. The average molecular weight is 444 g/mol. The van der Waals surface area contributed by atoms with Crippen LogP contribution in [0.4, 0.5) is 0 Å². The van der Waals surface area contributed by atoms with Gasteiger partial charge in [-0.2, -0.15) is 0 Å². The second-order valence-corrected chi connectivity index (χ2v) is 9.88. The molecule has 0 spiro atoms. The molecule has 0 aliphatic carbocycles. The summed E-state index contributed by atoms with van der Waals surface area (Å²) in [7, 11) is -3.46. The number of rotatable bonds is 10. The lowest BCUT2D eigenvalue weighted by atomic mass is 9.97. The molecule has 1 unspecified atom stereocenters. The van der Waals surface area contributed by atoms with E-state index in [2.05, 4.69) is 21.1 Å². The number of carboxylic acid groups (broad SMARTS) is 1. The number of nitrogens with one attached hydrogen (secondary N) is 2. The van der Waals surface area contributed by atoms with Gasteiger partial charge in [-0.15, -0.1) is 0 Å². The number of aromatic nitrogens is 1. The van der Waals surface area contributed by atoms with Gasteiger partial charge in [-0.3, -0.25) is 15.1 Å². The van der Waals surface area contributed by atoms with Gasteiger partial charge in [0.05, 0.1) is 0 Å². The summed E-state index contributed by atoms with van der Waals surface area (Å²) in [5.41, 5.74) is 5.12. The second-order valence-electron chi connectivity index (χ2n) is 7.93. The van der Waals surface area contributed by atoms with Gasteiger partial charge in [0, 0.05) is 31.9 Å². The summed E-state index contributed by atoms with van der Waals surface area (Å²) in [5.74, 6) is -0.837. The van der Waals surface area contributed by atoms with Gasteiger partial charge in [0.1, 0.15) is 5.37 Å². The molecule has 1 aromatic carbocycles. The van der Waals surface area contributed by atoms with Crippen molar-refractivity contribution in [3.05, 3.63) is 76.6 Å². The number of aryl methyl sites for hydroxylation is 1. The predicted octanol–water partition coefficient (Wildman–Crippen LogP) is 2.42. The topological polar surface area (TPSA) is 108 Å². The van der Waals surface area contributed by atoms with Crippen molar-refractivity contribution in [2.24, 2.45) is 0 Å². The summed E-state index contributed by atoms with van der Waals surface area (Å²) in [4.78, 5) is 15.1. The van der Waals surface area contributed by atoms with Crippen molar-refractivity contribution in [2.75, 3.05) is 13.1 Å². The number of carboxylic acids is 1. The molecule has 0 saturated carbocycles. The second kappa shape index (κ2) is 10.7. The molecule has 2 aromatic rings. The van der Waals surface area contributed by atoms with Crippen LogP contribution in [0.5, 0.6) is 0 Å². The van der Waals surface area contributed by atoms with Crippen LogP contribution in [0, 0.1) is 0 Å². The molecule has 0 bridgehead atoms. The Kier molecular flexibility index (Phi) is 7.95. The fourth-order valence-corrected chi connectivity index (χ4v) is 5.08. The van der Waals surface area contributed by atoms with Gasteiger partial charge in [0.25, 0.3) is 0 Å². The number of benzene rings is 1. The minimum atomic E-state index is -3.46. The van der Waals surface area contributed by atoms with E-state index < -0.39 is 21.4 Å². The Hall–Kier alpha value is -2.55. The standard InChI is InChI=1S/C23H29N3O4S/c1-17-6-9-25-22(11-17)31(29,30)26-10-7-19-12-18(4-5-23(27)28)13-21(14-19)15-20-3-2-8-24-16-20/h2-3,6,8,12-14,16,22,25-26H,4-5,7,9-11,15H2,1H3,(H,27,28). The van der Waals surface area contributed by atoms with Crippen LogP contribution < -0.4 is 10.0 Å². The molecule has 7 nitrogen and oxygen atoms in total. The summed E-state index contributed by atoms with van der Waals surface area (Å²) in [6, 6.07) is 9.92. The Morgan fingerprint density at radius 2 is 1.94 bits per heavy atom. The van der Waals surface area contributed by atoms with Crippen LogP contribution in [-0.4, -0.2) is 42.9 Å². The zero-order valence-electron chi connectivity index (χ0n) is 17.7. The molecule has 1 atom stereocenters. The zero-order chi connectivity index (χ0) is 22.3. The van der Waals surface area contributed by atoms with Gasteiger partial charge in [-0.25, -0.2) is 13.1 Å². The van der Waals surface area contributed by atoms with Crippen molar-refractivity contribution in [1.29, 1.82) is 0 Å². The first kappa shape index (κ1) is 23.1. The van der Waals surface area contributed by atoms with Crippen LogP contribution >= 0.6 is 0 Å². The number of pyridine rings is 1. The first-order chi connectivity index (χ1) is 14.8. The van der Waals surface area contributed by atoms with Crippen molar-refractivity contribution in [1.82, 2.24) is 15.0 Å². The number of hydrogen-bond acceptors (Lipinski definition) is 5. The van der Waals surface area contributed by atoms with E-state index in [1.807, 2.05) is 43.5 Å². The third-order valence-electron chi connectivity index (χ3n) is 5.27. The van der Waals surface area contributed by atoms with Crippen LogP contribution in [0.25, 0.3) is 0 Å². The molecule has 3 N–H and O–H groups in total. The van der Waals surface area contributed by atoms with Crippen molar-refractivity contribution >= 4 is 16.0 Å². The minimum Gasteiger partial charge on any atom is -0.481 e. The number of carbonyl (C=O) groups is 1. The summed E-state index contributed by atoms with van der Waals surface area (Å²) >= 11 is 0. The smallest absolute Gasteiger partial charge is 0.303 e. The van der Waals surface area contributed by atoms with Gasteiger partial charge in [-0.1, -0.05) is 35.9 Å². The van der Waals surface area contributed by atoms with Crippen LogP contribution in [0.3, 0.4) is 0 Å². The van der Waals surface area contributed by atoms with Crippen LogP contribution in [0.2, 0.25) is 0 Å². The molecule has 1 aliphatic heterocycles. The molecule has 1 aliphatic rings. The zero-order valence-corrected chi connectivity index (χ0v) is 18.5. The van der Waals surface area contributed by atoms with Crippen molar-refractivity contribution in [2.45, 2.75) is 44.4 Å². The summed E-state index contributed by atoms with van der Waals surface area (Å²) in [6.07, 6.45) is 7.73. The molecule has 0 fully saturated rings. The van der Waals surface area contributed by atoms with E-state index in [4.69, 9.17) is 5.11 Å². The van der Waals surface area contributed by atoms with E-state index >= 15 is 0 Å².